The quantitative estimate of drug-likeness (QED) is 0.906. The van der Waals surface area contributed by atoms with E-state index in [1.807, 2.05) is 17.8 Å². The Morgan fingerprint density at radius 3 is 2.52 bits per heavy atom. The molecule has 25 heavy (non-hydrogen) atoms. The van der Waals surface area contributed by atoms with Gasteiger partial charge in [-0.05, 0) is 24.3 Å². The topological polar surface area (TPSA) is 37.0 Å². The minimum atomic E-state index is 0.262. The summed E-state index contributed by atoms with van der Waals surface area (Å²) in [6.45, 7) is 4.17. The fraction of sp³-hybridized carbons (Fsp3) is 0.368. The number of ether oxygens (including phenoxy) is 2. The molecule has 1 N–H and O–H groups in total. The predicted molar refractivity (Wildman–Crippen MR) is 102 cm³/mol. The van der Waals surface area contributed by atoms with Crippen molar-refractivity contribution < 1.29 is 9.47 Å². The third-order valence-electron chi connectivity index (χ3n) is 4.69. The van der Waals surface area contributed by atoms with E-state index in [0.717, 1.165) is 43.4 Å². The van der Waals surface area contributed by atoms with E-state index in [4.69, 9.17) is 9.47 Å². The van der Waals surface area contributed by atoms with E-state index in [-0.39, 0.29) is 5.50 Å². The lowest BCUT2D eigenvalue weighted by Crippen LogP contribution is -2.51. The van der Waals surface area contributed by atoms with Crippen molar-refractivity contribution >= 4 is 23.1 Å². The lowest BCUT2D eigenvalue weighted by atomic mass is 10.2. The average molecular weight is 357 g/mol. The van der Waals surface area contributed by atoms with Gasteiger partial charge >= 0.3 is 0 Å². The minimum absolute atomic E-state index is 0.262. The maximum Gasteiger partial charge on any atom is 0.162 e. The summed E-state index contributed by atoms with van der Waals surface area (Å²) in [6, 6.07) is 14.8. The molecule has 5 nitrogen and oxygen atoms in total. The van der Waals surface area contributed by atoms with Gasteiger partial charge in [-0.2, -0.15) is 0 Å². The molecule has 1 saturated heterocycles. The van der Waals surface area contributed by atoms with Crippen molar-refractivity contribution in [2.24, 2.45) is 0 Å². The first kappa shape index (κ1) is 16.6. The fourth-order valence-corrected chi connectivity index (χ4v) is 4.80. The molecular weight excluding hydrogens is 334 g/mol. The molecule has 0 aliphatic carbocycles. The van der Waals surface area contributed by atoms with Crippen LogP contribution < -0.4 is 19.7 Å². The van der Waals surface area contributed by atoms with Crippen molar-refractivity contribution in [2.45, 2.75) is 10.4 Å². The second-order valence-electron chi connectivity index (χ2n) is 6.11. The zero-order valence-electron chi connectivity index (χ0n) is 14.6. The van der Waals surface area contributed by atoms with Crippen molar-refractivity contribution in [3.63, 3.8) is 0 Å². The van der Waals surface area contributed by atoms with Crippen molar-refractivity contribution in [1.29, 1.82) is 0 Å². The van der Waals surface area contributed by atoms with Gasteiger partial charge in [0, 0.05) is 42.8 Å². The molecule has 6 heteroatoms. The van der Waals surface area contributed by atoms with E-state index in [9.17, 15) is 0 Å². The number of piperazine rings is 1. The summed E-state index contributed by atoms with van der Waals surface area (Å²) in [6.07, 6.45) is 0. The molecule has 1 fully saturated rings. The van der Waals surface area contributed by atoms with Crippen molar-refractivity contribution in [3.05, 3.63) is 42.5 Å². The third kappa shape index (κ3) is 3.05. The highest BCUT2D eigenvalue weighted by Gasteiger charge is 2.36. The Balaban J connectivity index is 1.75. The smallest absolute Gasteiger partial charge is 0.162 e. The standard InChI is InChI=1S/C19H23N3O2S/c1-23-16-8-7-14(13-17(16)24-2)22-15-5-3-4-6-18(15)25-19(22)21-11-9-20-10-12-21/h3-8,13,19-20H,9-12H2,1-2H3. The van der Waals surface area contributed by atoms with Gasteiger partial charge in [-0.15, -0.1) is 0 Å². The number of nitrogens with zero attached hydrogens (tertiary/aromatic N) is 2. The monoisotopic (exact) mass is 357 g/mol. The number of hydrogen-bond donors (Lipinski definition) is 1. The van der Waals surface area contributed by atoms with E-state index in [1.165, 1.54) is 10.6 Å². The summed E-state index contributed by atoms with van der Waals surface area (Å²) in [7, 11) is 3.35. The van der Waals surface area contributed by atoms with E-state index in [1.54, 1.807) is 14.2 Å². The number of rotatable bonds is 4. The first-order valence-electron chi connectivity index (χ1n) is 8.53. The molecule has 0 aromatic heterocycles. The highest BCUT2D eigenvalue weighted by molar-refractivity contribution is 8.00. The lowest BCUT2D eigenvalue weighted by Gasteiger charge is -2.38. The molecule has 2 heterocycles. The van der Waals surface area contributed by atoms with Crippen LogP contribution in [0, 0.1) is 0 Å². The SMILES string of the molecule is COc1ccc(N2c3ccccc3SC2N2CCNCC2)cc1OC. The molecule has 0 saturated carbocycles. The minimum Gasteiger partial charge on any atom is -0.493 e. The summed E-state index contributed by atoms with van der Waals surface area (Å²) >= 11 is 1.92. The van der Waals surface area contributed by atoms with Gasteiger partial charge < -0.3 is 19.7 Å². The normalized spacial score (nSPS) is 20.4. The van der Waals surface area contributed by atoms with Gasteiger partial charge in [0.25, 0.3) is 0 Å². The second kappa shape index (κ2) is 7.15. The van der Waals surface area contributed by atoms with Crippen LogP contribution in [-0.4, -0.2) is 50.8 Å². The van der Waals surface area contributed by atoms with Crippen LogP contribution in [0.5, 0.6) is 11.5 Å². The molecule has 2 aromatic rings. The molecular formula is C19H23N3O2S. The van der Waals surface area contributed by atoms with Crippen LogP contribution in [0.1, 0.15) is 0 Å². The summed E-state index contributed by atoms with van der Waals surface area (Å²) < 4.78 is 10.9. The molecule has 2 aromatic carbocycles. The number of fused-ring (bicyclic) bond motifs is 1. The van der Waals surface area contributed by atoms with Crippen molar-refractivity contribution in [3.8, 4) is 11.5 Å². The van der Waals surface area contributed by atoms with Gasteiger partial charge in [0.2, 0.25) is 0 Å². The fourth-order valence-electron chi connectivity index (χ4n) is 3.42. The largest absolute Gasteiger partial charge is 0.493 e. The van der Waals surface area contributed by atoms with Crippen LogP contribution in [0.2, 0.25) is 0 Å². The van der Waals surface area contributed by atoms with Gasteiger partial charge in [0.05, 0.1) is 19.9 Å². The molecule has 4 rings (SSSR count). The average Bonchev–Trinajstić information content (AvgIpc) is 3.07. The van der Waals surface area contributed by atoms with E-state index in [2.05, 4.69) is 51.5 Å². The Bertz CT molecular complexity index is 749. The van der Waals surface area contributed by atoms with E-state index < -0.39 is 0 Å². The summed E-state index contributed by atoms with van der Waals surface area (Å²) in [5.41, 5.74) is 2.64. The van der Waals surface area contributed by atoms with Crippen molar-refractivity contribution in [2.75, 3.05) is 45.3 Å². The molecule has 0 bridgehead atoms. The number of para-hydroxylation sites is 1. The Hall–Kier alpha value is -1.89. The Morgan fingerprint density at radius 2 is 1.76 bits per heavy atom. The molecule has 0 amide bonds. The molecule has 1 unspecified atom stereocenters. The number of anilines is 2. The Labute approximate surface area is 152 Å². The number of nitrogens with one attached hydrogen (secondary N) is 1. The molecule has 0 spiro atoms. The van der Waals surface area contributed by atoms with Crippen molar-refractivity contribution in [1.82, 2.24) is 10.2 Å². The molecule has 1 atom stereocenters. The van der Waals surface area contributed by atoms with E-state index >= 15 is 0 Å². The molecule has 2 aliphatic heterocycles. The number of thioether (sulfide) groups is 1. The number of hydrogen-bond acceptors (Lipinski definition) is 6. The number of methoxy groups -OCH3 is 2. The second-order valence-corrected chi connectivity index (χ2v) is 7.20. The van der Waals surface area contributed by atoms with Gasteiger partial charge in [0.15, 0.2) is 11.5 Å². The molecule has 132 valence electrons. The third-order valence-corrected chi connectivity index (χ3v) is 6.01. The highest BCUT2D eigenvalue weighted by Crippen LogP contribution is 2.49. The summed E-state index contributed by atoms with van der Waals surface area (Å²) in [5.74, 6) is 1.51. The first-order valence-corrected chi connectivity index (χ1v) is 9.41. The van der Waals surface area contributed by atoms with Gasteiger partial charge in [-0.25, -0.2) is 0 Å². The van der Waals surface area contributed by atoms with Crippen LogP contribution in [-0.2, 0) is 0 Å². The van der Waals surface area contributed by atoms with Crippen LogP contribution in [0.4, 0.5) is 11.4 Å². The van der Waals surface area contributed by atoms with Crippen LogP contribution in [0.15, 0.2) is 47.4 Å². The summed E-state index contributed by atoms with van der Waals surface area (Å²) in [4.78, 5) is 6.27. The summed E-state index contributed by atoms with van der Waals surface area (Å²) in [5, 5.41) is 3.44. The number of benzene rings is 2. The maximum absolute atomic E-state index is 5.52. The van der Waals surface area contributed by atoms with Gasteiger partial charge in [-0.1, -0.05) is 23.9 Å². The Kier molecular flexibility index (Phi) is 4.74. The first-order chi connectivity index (χ1) is 12.3. The predicted octanol–water partition coefficient (Wildman–Crippen LogP) is 3.14. The van der Waals surface area contributed by atoms with Crippen LogP contribution in [0.3, 0.4) is 0 Å². The van der Waals surface area contributed by atoms with Crippen LogP contribution >= 0.6 is 11.8 Å². The highest BCUT2D eigenvalue weighted by atomic mass is 32.2. The Morgan fingerprint density at radius 1 is 1.00 bits per heavy atom. The molecule has 2 aliphatic rings. The molecule has 0 radical (unpaired) electrons. The zero-order chi connectivity index (χ0) is 17.2. The zero-order valence-corrected chi connectivity index (χ0v) is 15.4. The van der Waals surface area contributed by atoms with E-state index in [0.29, 0.717) is 0 Å². The van der Waals surface area contributed by atoms with Gasteiger partial charge in [0.1, 0.15) is 5.50 Å². The lowest BCUT2D eigenvalue weighted by molar-refractivity contribution is 0.229. The van der Waals surface area contributed by atoms with Gasteiger partial charge in [-0.3, -0.25) is 4.90 Å². The maximum atomic E-state index is 5.52. The van der Waals surface area contributed by atoms with Crippen LogP contribution in [0.25, 0.3) is 0 Å².